The van der Waals surface area contributed by atoms with Crippen LogP contribution in [0.1, 0.15) is 10.4 Å². The van der Waals surface area contributed by atoms with E-state index in [-0.39, 0.29) is 15.7 Å². The minimum absolute atomic E-state index is 0.0744. The van der Waals surface area contributed by atoms with Crippen molar-refractivity contribution in [2.24, 2.45) is 7.05 Å². The highest BCUT2D eigenvalue weighted by Crippen LogP contribution is 2.24. The number of hydrogen-bond acceptors (Lipinski definition) is 2. The Labute approximate surface area is 110 Å². The molecule has 1 amide bonds. The van der Waals surface area contributed by atoms with E-state index in [0.29, 0.717) is 6.07 Å². The summed E-state index contributed by atoms with van der Waals surface area (Å²) in [6.45, 7) is 0. The lowest BCUT2D eigenvalue weighted by Gasteiger charge is -2.06. The maximum absolute atomic E-state index is 13.4. The highest BCUT2D eigenvalue weighted by atomic mass is 79.9. The van der Waals surface area contributed by atoms with Gasteiger partial charge in [-0.3, -0.25) is 9.48 Å². The Bertz CT molecular complexity index is 612. The zero-order chi connectivity index (χ0) is 13.3. The summed E-state index contributed by atoms with van der Waals surface area (Å²) < 4.78 is 28.0. The van der Waals surface area contributed by atoms with E-state index in [0.717, 1.165) is 0 Å². The van der Waals surface area contributed by atoms with Gasteiger partial charge in [0, 0.05) is 19.3 Å². The number of carbonyl (C=O) groups excluding carboxylic acids is 1. The van der Waals surface area contributed by atoms with Gasteiger partial charge < -0.3 is 5.32 Å². The fourth-order valence-electron chi connectivity index (χ4n) is 1.35. The molecule has 94 valence electrons. The van der Waals surface area contributed by atoms with Crippen molar-refractivity contribution in [2.45, 2.75) is 0 Å². The first kappa shape index (κ1) is 12.7. The summed E-state index contributed by atoms with van der Waals surface area (Å²) in [5.41, 5.74) is 0.189. The number of rotatable bonds is 2. The van der Waals surface area contributed by atoms with Crippen molar-refractivity contribution in [1.29, 1.82) is 0 Å². The monoisotopic (exact) mass is 315 g/mol. The highest BCUT2D eigenvalue weighted by Gasteiger charge is 2.13. The van der Waals surface area contributed by atoms with Crippen molar-refractivity contribution in [1.82, 2.24) is 9.78 Å². The number of halogens is 3. The van der Waals surface area contributed by atoms with Crippen LogP contribution in [0.5, 0.6) is 0 Å². The summed E-state index contributed by atoms with van der Waals surface area (Å²) in [6.07, 6.45) is 2.84. The van der Waals surface area contributed by atoms with Crippen molar-refractivity contribution < 1.29 is 13.6 Å². The Morgan fingerprint density at radius 3 is 2.72 bits per heavy atom. The molecule has 0 aliphatic rings. The smallest absolute Gasteiger partial charge is 0.258 e. The molecule has 0 atom stereocenters. The molecule has 1 aromatic carbocycles. The Hall–Kier alpha value is -1.76. The van der Waals surface area contributed by atoms with Gasteiger partial charge in [-0.05, 0) is 22.0 Å². The number of aromatic nitrogens is 2. The van der Waals surface area contributed by atoms with Gasteiger partial charge in [0.25, 0.3) is 5.91 Å². The molecule has 4 nitrogen and oxygen atoms in total. The third kappa shape index (κ3) is 2.56. The van der Waals surface area contributed by atoms with Gasteiger partial charge in [-0.1, -0.05) is 0 Å². The first-order valence-electron chi connectivity index (χ1n) is 4.92. The van der Waals surface area contributed by atoms with Crippen LogP contribution in [0.15, 0.2) is 29.0 Å². The second-order valence-corrected chi connectivity index (χ2v) is 4.46. The summed E-state index contributed by atoms with van der Waals surface area (Å²) in [7, 11) is 1.66. The van der Waals surface area contributed by atoms with Crippen molar-refractivity contribution >= 4 is 27.5 Å². The van der Waals surface area contributed by atoms with Gasteiger partial charge in [0.1, 0.15) is 11.6 Å². The molecule has 0 radical (unpaired) electrons. The summed E-state index contributed by atoms with van der Waals surface area (Å²) in [6, 6.07) is 1.86. The quantitative estimate of drug-likeness (QED) is 0.866. The Morgan fingerprint density at radius 1 is 1.39 bits per heavy atom. The van der Waals surface area contributed by atoms with Crippen molar-refractivity contribution in [3.8, 4) is 0 Å². The van der Waals surface area contributed by atoms with Crippen LogP contribution < -0.4 is 5.32 Å². The number of benzene rings is 1. The van der Waals surface area contributed by atoms with Gasteiger partial charge in [-0.2, -0.15) is 5.10 Å². The zero-order valence-corrected chi connectivity index (χ0v) is 10.8. The van der Waals surface area contributed by atoms with Crippen LogP contribution in [0.2, 0.25) is 0 Å². The fourth-order valence-corrected chi connectivity index (χ4v) is 1.69. The maximum atomic E-state index is 13.4. The fraction of sp³-hybridized carbons (Fsp3) is 0.0909. The second kappa shape index (κ2) is 4.85. The minimum Gasteiger partial charge on any atom is -0.319 e. The number of hydrogen-bond donors (Lipinski definition) is 1. The average Bonchev–Trinajstić information content (AvgIpc) is 2.73. The van der Waals surface area contributed by atoms with Crippen molar-refractivity contribution in [3.05, 3.63) is 46.2 Å². The predicted octanol–water partition coefficient (Wildman–Crippen LogP) is 2.71. The van der Waals surface area contributed by atoms with Gasteiger partial charge in [-0.15, -0.1) is 0 Å². The number of aryl methyl sites for hydroxylation is 1. The van der Waals surface area contributed by atoms with Crippen LogP contribution in [-0.2, 0) is 7.05 Å². The summed E-state index contributed by atoms with van der Waals surface area (Å²) >= 11 is 2.92. The Kier molecular flexibility index (Phi) is 3.42. The van der Waals surface area contributed by atoms with E-state index in [9.17, 15) is 13.6 Å². The minimum atomic E-state index is -0.840. The van der Waals surface area contributed by atoms with Gasteiger partial charge in [0.15, 0.2) is 0 Å². The Balaban J connectivity index is 2.24. The topological polar surface area (TPSA) is 46.9 Å². The molecule has 0 saturated heterocycles. The number of amides is 1. The van der Waals surface area contributed by atoms with E-state index in [1.54, 1.807) is 7.05 Å². The molecule has 1 aromatic heterocycles. The van der Waals surface area contributed by atoms with E-state index in [4.69, 9.17) is 0 Å². The van der Waals surface area contributed by atoms with Crippen LogP contribution in [0.25, 0.3) is 0 Å². The van der Waals surface area contributed by atoms with E-state index in [1.807, 2.05) is 0 Å². The second-order valence-electron chi connectivity index (χ2n) is 3.60. The molecule has 0 bridgehead atoms. The lowest BCUT2D eigenvalue weighted by Crippen LogP contribution is -2.12. The van der Waals surface area contributed by atoms with Gasteiger partial charge in [0.2, 0.25) is 0 Å². The SMILES string of the molecule is Cn1cc(C(=O)Nc2cc(Br)c(F)cc2F)cn1. The van der Waals surface area contributed by atoms with Crippen molar-refractivity contribution in [2.75, 3.05) is 5.32 Å². The number of nitrogens with one attached hydrogen (secondary N) is 1. The summed E-state index contributed by atoms with van der Waals surface area (Å²) in [5, 5.41) is 6.17. The molecule has 7 heteroatoms. The standard InChI is InChI=1S/C11H8BrF2N3O/c1-17-5-6(4-15-17)11(18)16-10-2-7(12)8(13)3-9(10)14/h2-5H,1H3,(H,16,18). The summed E-state index contributed by atoms with van der Waals surface area (Å²) in [4.78, 5) is 11.7. The van der Waals surface area contributed by atoms with Gasteiger partial charge in [-0.25, -0.2) is 8.78 Å². The van der Waals surface area contributed by atoms with Crippen LogP contribution in [0.4, 0.5) is 14.5 Å². The van der Waals surface area contributed by atoms with Crippen LogP contribution >= 0.6 is 15.9 Å². The molecular formula is C11H8BrF2N3O. The number of carbonyl (C=O) groups is 1. The molecule has 1 heterocycles. The molecule has 18 heavy (non-hydrogen) atoms. The van der Waals surface area contributed by atoms with E-state index in [1.165, 1.54) is 23.1 Å². The third-order valence-electron chi connectivity index (χ3n) is 2.23. The molecule has 0 unspecified atom stereocenters. The molecule has 0 saturated carbocycles. The van der Waals surface area contributed by atoms with E-state index in [2.05, 4.69) is 26.3 Å². The molecule has 0 fully saturated rings. The third-order valence-corrected chi connectivity index (χ3v) is 2.83. The highest BCUT2D eigenvalue weighted by molar-refractivity contribution is 9.10. The van der Waals surface area contributed by atoms with Crippen LogP contribution in [-0.4, -0.2) is 15.7 Å². The normalized spacial score (nSPS) is 10.4. The lowest BCUT2D eigenvalue weighted by atomic mass is 10.2. The molecule has 2 aromatic rings. The van der Waals surface area contributed by atoms with Crippen molar-refractivity contribution in [3.63, 3.8) is 0 Å². The number of anilines is 1. The predicted molar refractivity (Wildman–Crippen MR) is 65.2 cm³/mol. The molecule has 0 aliphatic carbocycles. The maximum Gasteiger partial charge on any atom is 0.258 e. The largest absolute Gasteiger partial charge is 0.319 e. The zero-order valence-electron chi connectivity index (χ0n) is 9.25. The Morgan fingerprint density at radius 2 is 2.11 bits per heavy atom. The first-order chi connectivity index (χ1) is 8.47. The first-order valence-corrected chi connectivity index (χ1v) is 5.71. The average molecular weight is 316 g/mol. The molecule has 0 aliphatic heterocycles. The van der Waals surface area contributed by atoms with Crippen LogP contribution in [0.3, 0.4) is 0 Å². The number of nitrogens with zero attached hydrogens (tertiary/aromatic N) is 2. The molecular weight excluding hydrogens is 308 g/mol. The van der Waals surface area contributed by atoms with E-state index < -0.39 is 17.5 Å². The molecule has 1 N–H and O–H groups in total. The summed E-state index contributed by atoms with van der Waals surface area (Å²) in [5.74, 6) is -2.08. The molecule has 2 rings (SSSR count). The molecule has 0 spiro atoms. The van der Waals surface area contributed by atoms with Crippen LogP contribution in [0, 0.1) is 11.6 Å². The van der Waals surface area contributed by atoms with E-state index >= 15 is 0 Å². The lowest BCUT2D eigenvalue weighted by molar-refractivity contribution is 0.102. The van der Waals surface area contributed by atoms with Gasteiger partial charge in [0.05, 0.1) is 21.9 Å². The van der Waals surface area contributed by atoms with Gasteiger partial charge >= 0.3 is 0 Å².